The average Bonchev–Trinajstić information content (AvgIpc) is 3.19. The van der Waals surface area contributed by atoms with Gasteiger partial charge < -0.3 is 9.73 Å². The number of furan rings is 1. The largest absolute Gasteiger partial charge is 0.463 e. The number of hydrogen-bond donors (Lipinski definition) is 1. The Bertz CT molecular complexity index is 1010. The van der Waals surface area contributed by atoms with Gasteiger partial charge in [0.15, 0.2) is 15.6 Å². The maximum absolute atomic E-state index is 12.1. The molecule has 0 aliphatic rings. The summed E-state index contributed by atoms with van der Waals surface area (Å²) in [7, 11) is -3.20. The number of carbonyl (C=O) groups is 1. The summed E-state index contributed by atoms with van der Waals surface area (Å²) in [5, 5.41) is 2.88. The van der Waals surface area contributed by atoms with E-state index in [1.807, 2.05) is 18.2 Å². The molecule has 3 aromatic rings. The van der Waals surface area contributed by atoms with Crippen LogP contribution in [0.4, 0.5) is 0 Å². The fourth-order valence-electron chi connectivity index (χ4n) is 2.59. The number of rotatable bonds is 7. The highest BCUT2D eigenvalue weighted by Crippen LogP contribution is 2.18. The maximum atomic E-state index is 12.1. The number of benzene rings is 1. The van der Waals surface area contributed by atoms with Crippen LogP contribution in [0.2, 0.25) is 0 Å². The molecular formula is C20H20N2O4S. The van der Waals surface area contributed by atoms with E-state index in [1.165, 1.54) is 6.26 Å². The Morgan fingerprint density at radius 2 is 1.89 bits per heavy atom. The smallest absolute Gasteiger partial charge is 0.220 e. The lowest BCUT2D eigenvalue weighted by Crippen LogP contribution is -2.23. The van der Waals surface area contributed by atoms with E-state index in [1.54, 1.807) is 42.8 Å². The van der Waals surface area contributed by atoms with Gasteiger partial charge in [-0.05, 0) is 53.9 Å². The highest BCUT2D eigenvalue weighted by molar-refractivity contribution is 7.90. The fourth-order valence-corrected chi connectivity index (χ4v) is 3.22. The quantitative estimate of drug-likeness (QED) is 0.676. The molecule has 0 aliphatic heterocycles. The fraction of sp³-hybridized carbons (Fsp3) is 0.200. The Labute approximate surface area is 158 Å². The highest BCUT2D eigenvalue weighted by atomic mass is 32.2. The van der Waals surface area contributed by atoms with Crippen molar-refractivity contribution in [3.8, 4) is 11.5 Å². The zero-order valence-corrected chi connectivity index (χ0v) is 15.7. The minimum absolute atomic E-state index is 0.0708. The van der Waals surface area contributed by atoms with Crippen molar-refractivity contribution in [3.63, 3.8) is 0 Å². The van der Waals surface area contributed by atoms with Crippen LogP contribution in [-0.2, 0) is 27.6 Å². The second-order valence-corrected chi connectivity index (χ2v) is 8.24. The van der Waals surface area contributed by atoms with Gasteiger partial charge in [0, 0.05) is 25.4 Å². The zero-order valence-electron chi connectivity index (χ0n) is 14.9. The summed E-state index contributed by atoms with van der Waals surface area (Å²) in [6.45, 7) is 0.405. The standard InChI is InChI=1S/C20H20N2O4S/c1-27(24,25)17-7-4-15(5-8-17)6-9-20(23)22-14-16-10-11-21-18(13-16)19-3-2-12-26-19/h2-5,7-8,10-13H,6,9,14H2,1H3,(H,22,23). The van der Waals surface area contributed by atoms with Crippen LogP contribution in [0.25, 0.3) is 11.5 Å². The molecule has 0 aliphatic carbocycles. The number of nitrogens with zero attached hydrogens (tertiary/aromatic N) is 1. The minimum Gasteiger partial charge on any atom is -0.463 e. The van der Waals surface area contributed by atoms with E-state index in [-0.39, 0.29) is 10.8 Å². The lowest BCUT2D eigenvalue weighted by atomic mass is 10.1. The van der Waals surface area contributed by atoms with Gasteiger partial charge in [-0.15, -0.1) is 0 Å². The predicted octanol–water partition coefficient (Wildman–Crippen LogP) is 2.99. The van der Waals surface area contributed by atoms with Gasteiger partial charge in [0.25, 0.3) is 0 Å². The molecule has 0 bridgehead atoms. The third kappa shape index (κ3) is 5.27. The molecule has 0 radical (unpaired) electrons. The topological polar surface area (TPSA) is 89.3 Å². The molecule has 0 fully saturated rings. The third-order valence-corrected chi connectivity index (χ3v) is 5.21. The van der Waals surface area contributed by atoms with Gasteiger partial charge in [0.1, 0.15) is 5.69 Å². The molecule has 2 aromatic heterocycles. The van der Waals surface area contributed by atoms with Gasteiger partial charge in [-0.2, -0.15) is 0 Å². The van der Waals surface area contributed by atoms with Crippen LogP contribution in [-0.4, -0.2) is 25.6 Å². The molecule has 1 amide bonds. The van der Waals surface area contributed by atoms with Crippen LogP contribution in [0, 0.1) is 0 Å². The van der Waals surface area contributed by atoms with Crippen molar-refractivity contribution in [3.05, 3.63) is 72.1 Å². The lowest BCUT2D eigenvalue weighted by molar-refractivity contribution is -0.121. The second-order valence-electron chi connectivity index (χ2n) is 6.22. The zero-order chi connectivity index (χ0) is 19.3. The summed E-state index contributed by atoms with van der Waals surface area (Å²) in [5.41, 5.74) is 2.57. The SMILES string of the molecule is CS(=O)(=O)c1ccc(CCC(=O)NCc2ccnc(-c3ccco3)c2)cc1. The van der Waals surface area contributed by atoms with Gasteiger partial charge in [-0.3, -0.25) is 9.78 Å². The van der Waals surface area contributed by atoms with E-state index in [0.717, 1.165) is 16.8 Å². The first-order valence-corrected chi connectivity index (χ1v) is 10.4. The van der Waals surface area contributed by atoms with Gasteiger partial charge in [0.2, 0.25) is 5.91 Å². The number of pyridine rings is 1. The molecule has 0 unspecified atom stereocenters. The van der Waals surface area contributed by atoms with Crippen LogP contribution in [0.1, 0.15) is 17.5 Å². The number of aromatic nitrogens is 1. The van der Waals surface area contributed by atoms with E-state index >= 15 is 0 Å². The molecule has 0 saturated heterocycles. The highest BCUT2D eigenvalue weighted by Gasteiger charge is 2.08. The number of amides is 1. The summed E-state index contributed by atoms with van der Waals surface area (Å²) >= 11 is 0. The maximum Gasteiger partial charge on any atom is 0.220 e. The number of hydrogen-bond acceptors (Lipinski definition) is 5. The number of nitrogens with one attached hydrogen (secondary N) is 1. The van der Waals surface area contributed by atoms with Crippen molar-refractivity contribution < 1.29 is 17.6 Å². The number of aryl methyl sites for hydroxylation is 1. The van der Waals surface area contributed by atoms with E-state index in [2.05, 4.69) is 10.3 Å². The van der Waals surface area contributed by atoms with E-state index in [4.69, 9.17) is 4.42 Å². The number of carbonyl (C=O) groups excluding carboxylic acids is 1. The van der Waals surface area contributed by atoms with E-state index in [9.17, 15) is 13.2 Å². The van der Waals surface area contributed by atoms with Gasteiger partial charge in [0.05, 0.1) is 11.2 Å². The average molecular weight is 384 g/mol. The normalized spacial score (nSPS) is 11.3. The van der Waals surface area contributed by atoms with Crippen LogP contribution in [0.15, 0.2) is 70.3 Å². The third-order valence-electron chi connectivity index (χ3n) is 4.08. The van der Waals surface area contributed by atoms with Gasteiger partial charge >= 0.3 is 0 Å². The Morgan fingerprint density at radius 1 is 1.11 bits per heavy atom. The first-order valence-electron chi connectivity index (χ1n) is 8.46. The van der Waals surface area contributed by atoms with Crippen molar-refractivity contribution in [1.82, 2.24) is 10.3 Å². The monoisotopic (exact) mass is 384 g/mol. The molecule has 2 heterocycles. The Morgan fingerprint density at radius 3 is 2.56 bits per heavy atom. The molecule has 1 aromatic carbocycles. The number of sulfone groups is 1. The molecule has 7 heteroatoms. The molecule has 0 atom stereocenters. The summed E-state index contributed by atoms with van der Waals surface area (Å²) in [4.78, 5) is 16.6. The summed E-state index contributed by atoms with van der Waals surface area (Å²) in [6, 6.07) is 14.0. The Balaban J connectivity index is 1.51. The minimum atomic E-state index is -3.20. The van der Waals surface area contributed by atoms with Crippen molar-refractivity contribution in [2.24, 2.45) is 0 Å². The molecular weight excluding hydrogens is 364 g/mol. The van der Waals surface area contributed by atoms with E-state index in [0.29, 0.717) is 25.1 Å². The van der Waals surface area contributed by atoms with Crippen molar-refractivity contribution in [1.29, 1.82) is 0 Å². The Kier molecular flexibility index (Phi) is 5.71. The first kappa shape index (κ1) is 18.8. The molecule has 3 rings (SSSR count). The van der Waals surface area contributed by atoms with Crippen LogP contribution in [0.3, 0.4) is 0 Å². The van der Waals surface area contributed by atoms with Crippen LogP contribution < -0.4 is 5.32 Å². The van der Waals surface area contributed by atoms with Crippen molar-refractivity contribution >= 4 is 15.7 Å². The summed E-state index contributed by atoms with van der Waals surface area (Å²) in [6.07, 6.45) is 5.32. The summed E-state index contributed by atoms with van der Waals surface area (Å²) in [5.74, 6) is 0.610. The molecule has 0 saturated carbocycles. The van der Waals surface area contributed by atoms with Crippen molar-refractivity contribution in [2.45, 2.75) is 24.3 Å². The first-order chi connectivity index (χ1) is 12.9. The summed E-state index contributed by atoms with van der Waals surface area (Å²) < 4.78 is 28.2. The van der Waals surface area contributed by atoms with Gasteiger partial charge in [-0.25, -0.2) is 8.42 Å². The predicted molar refractivity (Wildman–Crippen MR) is 102 cm³/mol. The molecule has 6 nitrogen and oxygen atoms in total. The van der Waals surface area contributed by atoms with E-state index < -0.39 is 9.84 Å². The molecule has 140 valence electrons. The van der Waals surface area contributed by atoms with Gasteiger partial charge in [-0.1, -0.05) is 12.1 Å². The van der Waals surface area contributed by atoms with Crippen molar-refractivity contribution in [2.75, 3.05) is 6.26 Å². The molecule has 0 spiro atoms. The molecule has 27 heavy (non-hydrogen) atoms. The lowest BCUT2D eigenvalue weighted by Gasteiger charge is -2.07. The van der Waals surface area contributed by atoms with Crippen LogP contribution in [0.5, 0.6) is 0 Å². The Hall–Kier alpha value is -2.93. The second kappa shape index (κ2) is 8.18. The van der Waals surface area contributed by atoms with Crippen LogP contribution >= 0.6 is 0 Å². The molecule has 1 N–H and O–H groups in total.